The Hall–Kier alpha value is -2.67. The number of amides is 1. The minimum absolute atomic E-state index is 0.192. The highest BCUT2D eigenvalue weighted by atomic mass is 32.1. The summed E-state index contributed by atoms with van der Waals surface area (Å²) in [6.07, 6.45) is 3.22. The summed E-state index contributed by atoms with van der Waals surface area (Å²) in [5.74, 6) is 0.112. The molecular weight excluding hydrogens is 290 g/mol. The van der Waals surface area contributed by atoms with Crippen molar-refractivity contribution < 1.29 is 14.6 Å². The average molecular weight is 301 g/mol. The number of benzene rings is 1. The lowest BCUT2D eigenvalue weighted by Crippen LogP contribution is -2.30. The molecule has 0 radical (unpaired) electrons. The third-order valence-corrected chi connectivity index (χ3v) is 3.77. The van der Waals surface area contributed by atoms with Crippen LogP contribution in [0.25, 0.3) is 12.2 Å². The van der Waals surface area contributed by atoms with Crippen molar-refractivity contribution in [2.24, 2.45) is 4.99 Å². The number of thiazole rings is 1. The van der Waals surface area contributed by atoms with E-state index in [9.17, 15) is 9.90 Å². The van der Waals surface area contributed by atoms with E-state index in [-0.39, 0.29) is 16.9 Å². The maximum Gasteiger partial charge on any atom is 0.277 e. The van der Waals surface area contributed by atoms with Crippen molar-refractivity contribution in [3.63, 3.8) is 0 Å². The highest BCUT2D eigenvalue weighted by Gasteiger charge is 2.13. The summed E-state index contributed by atoms with van der Waals surface area (Å²) < 4.78 is 5.15. The number of nitrogen functional groups attached to an aromatic ring is 1. The molecule has 0 bridgehead atoms. The van der Waals surface area contributed by atoms with E-state index < -0.39 is 0 Å². The van der Waals surface area contributed by atoms with Crippen LogP contribution in [-0.4, -0.2) is 23.1 Å². The van der Waals surface area contributed by atoms with Crippen LogP contribution in [0.2, 0.25) is 0 Å². The summed E-state index contributed by atoms with van der Waals surface area (Å²) in [7, 11) is 1.57. The van der Waals surface area contributed by atoms with E-state index in [0.717, 1.165) is 16.6 Å². The third kappa shape index (κ3) is 2.50. The Morgan fingerprint density at radius 3 is 2.90 bits per heavy atom. The molecule has 3 N–H and O–H groups in total. The van der Waals surface area contributed by atoms with Gasteiger partial charge in [-0.3, -0.25) is 4.79 Å². The Labute approximate surface area is 123 Å². The first-order valence-electron chi connectivity index (χ1n) is 6.02. The Balaban J connectivity index is 2.14. The van der Waals surface area contributed by atoms with Gasteiger partial charge < -0.3 is 15.6 Å². The summed E-state index contributed by atoms with van der Waals surface area (Å²) in [5, 5.41) is 11.2. The van der Waals surface area contributed by atoms with Gasteiger partial charge in [-0.2, -0.15) is 4.98 Å². The van der Waals surface area contributed by atoms with Crippen LogP contribution in [-0.2, 0) is 4.79 Å². The number of carbonyl (C=O) groups is 1. The molecule has 106 valence electrons. The summed E-state index contributed by atoms with van der Waals surface area (Å²) in [4.78, 5) is 20.1. The molecule has 0 aliphatic carbocycles. The number of carbonyl (C=O) groups excluding carboxylic acids is 1. The molecule has 3 rings (SSSR count). The van der Waals surface area contributed by atoms with Gasteiger partial charge in [-0.1, -0.05) is 11.3 Å². The number of hydrogen-bond acceptors (Lipinski definition) is 6. The number of rotatable bonds is 2. The van der Waals surface area contributed by atoms with E-state index in [4.69, 9.17) is 10.5 Å². The van der Waals surface area contributed by atoms with Crippen LogP contribution in [0.5, 0.6) is 11.6 Å². The van der Waals surface area contributed by atoms with E-state index in [1.54, 1.807) is 31.4 Å². The quantitative estimate of drug-likeness (QED) is 0.785. The molecule has 1 amide bonds. The van der Waals surface area contributed by atoms with Crippen molar-refractivity contribution in [1.29, 1.82) is 0 Å². The molecule has 1 aromatic carbocycles. The van der Waals surface area contributed by atoms with Crippen molar-refractivity contribution in [2.45, 2.75) is 0 Å². The number of hydrogen-bond donors (Lipinski definition) is 2. The van der Waals surface area contributed by atoms with Crippen molar-refractivity contribution >= 4 is 34.5 Å². The molecule has 21 heavy (non-hydrogen) atoms. The van der Waals surface area contributed by atoms with E-state index in [1.807, 2.05) is 0 Å². The normalized spacial score (nSPS) is 15.3. The average Bonchev–Trinajstić information content (AvgIpc) is 2.77. The molecule has 0 unspecified atom stereocenters. The molecule has 0 fully saturated rings. The largest absolute Gasteiger partial charge is 0.497 e. The summed E-state index contributed by atoms with van der Waals surface area (Å²) in [6, 6.07) is 5.26. The lowest BCUT2D eigenvalue weighted by Gasteiger charge is -2.04. The maximum atomic E-state index is 12.0. The van der Waals surface area contributed by atoms with Crippen LogP contribution in [0.15, 0.2) is 28.8 Å². The van der Waals surface area contributed by atoms with Gasteiger partial charge in [0.1, 0.15) is 5.75 Å². The molecule has 2 heterocycles. The second-order valence-corrected chi connectivity index (χ2v) is 5.39. The predicted octanol–water partition coefficient (Wildman–Crippen LogP) is 0.463. The molecule has 2 aromatic rings. The second-order valence-electron chi connectivity index (χ2n) is 4.33. The standard InChI is InChI=1S/C14H11N3O3S/c1-20-9-2-3-10-7(5-9)4-8(12(18)16-10)6-11-13(19)17-14(15)21-11/h2-6,19H,1H3,(H2,15,17). The molecule has 0 saturated carbocycles. The van der Waals surface area contributed by atoms with E-state index in [0.29, 0.717) is 21.6 Å². The van der Waals surface area contributed by atoms with Crippen molar-refractivity contribution in [1.82, 2.24) is 4.98 Å². The number of nitrogens with zero attached hydrogens (tertiary/aromatic N) is 2. The van der Waals surface area contributed by atoms with Gasteiger partial charge >= 0.3 is 0 Å². The van der Waals surface area contributed by atoms with Crippen LogP contribution in [0.4, 0.5) is 5.13 Å². The van der Waals surface area contributed by atoms with E-state index in [2.05, 4.69) is 9.98 Å². The molecule has 7 heteroatoms. The first kappa shape index (κ1) is 13.3. The van der Waals surface area contributed by atoms with Crippen molar-refractivity contribution in [2.75, 3.05) is 12.8 Å². The number of ether oxygens (including phenoxy) is 1. The van der Waals surface area contributed by atoms with Crippen LogP contribution < -0.4 is 21.0 Å². The topological polar surface area (TPSA) is 97.8 Å². The fourth-order valence-corrected chi connectivity index (χ4v) is 2.64. The Morgan fingerprint density at radius 2 is 2.24 bits per heavy atom. The van der Waals surface area contributed by atoms with Gasteiger partial charge in [0.2, 0.25) is 5.88 Å². The van der Waals surface area contributed by atoms with Gasteiger partial charge in [0, 0.05) is 10.8 Å². The summed E-state index contributed by atoms with van der Waals surface area (Å²) in [5.41, 5.74) is 5.87. The summed E-state index contributed by atoms with van der Waals surface area (Å²) >= 11 is 1.10. The minimum atomic E-state index is -0.376. The number of nitrogens with two attached hydrogens (primary N) is 1. The fraction of sp³-hybridized carbons (Fsp3) is 0.0714. The second kappa shape index (κ2) is 5.02. The first-order chi connectivity index (χ1) is 10.1. The van der Waals surface area contributed by atoms with E-state index >= 15 is 0 Å². The number of aromatic hydroxyl groups is 1. The zero-order chi connectivity index (χ0) is 15.0. The summed E-state index contributed by atoms with van der Waals surface area (Å²) in [6.45, 7) is 0. The Kier molecular flexibility index (Phi) is 3.19. The molecule has 1 aliphatic heterocycles. The van der Waals surface area contributed by atoms with Crippen molar-refractivity contribution in [3.05, 3.63) is 39.2 Å². The smallest absolute Gasteiger partial charge is 0.277 e. The number of aromatic nitrogens is 1. The van der Waals surface area contributed by atoms with Crippen LogP contribution in [0, 0.1) is 0 Å². The van der Waals surface area contributed by atoms with Gasteiger partial charge in [0.05, 0.1) is 17.3 Å². The molecular formula is C14H11N3O3S. The van der Waals surface area contributed by atoms with E-state index in [1.165, 1.54) is 6.08 Å². The number of methoxy groups -OCH3 is 1. The molecule has 1 aromatic heterocycles. The first-order valence-corrected chi connectivity index (χ1v) is 6.84. The Morgan fingerprint density at radius 1 is 1.43 bits per heavy atom. The highest BCUT2D eigenvalue weighted by Crippen LogP contribution is 2.28. The fourth-order valence-electron chi connectivity index (χ4n) is 1.96. The Bertz CT molecular complexity index is 883. The zero-order valence-corrected chi connectivity index (χ0v) is 11.8. The van der Waals surface area contributed by atoms with Gasteiger partial charge in [-0.25, -0.2) is 4.99 Å². The maximum absolute atomic E-state index is 12.0. The highest BCUT2D eigenvalue weighted by molar-refractivity contribution is 7.16. The lowest BCUT2D eigenvalue weighted by atomic mass is 10.1. The van der Waals surface area contributed by atoms with Crippen molar-refractivity contribution in [3.8, 4) is 11.6 Å². The minimum Gasteiger partial charge on any atom is -0.497 e. The number of fused-ring (bicyclic) bond motifs is 1. The third-order valence-electron chi connectivity index (χ3n) is 2.95. The molecule has 0 spiro atoms. The van der Waals surface area contributed by atoms with Crippen LogP contribution in [0.1, 0.15) is 4.88 Å². The zero-order valence-electron chi connectivity index (χ0n) is 11.0. The van der Waals surface area contributed by atoms with Gasteiger partial charge in [-0.15, -0.1) is 0 Å². The van der Waals surface area contributed by atoms with Gasteiger partial charge in [0.15, 0.2) is 5.13 Å². The SMILES string of the molecule is COc1ccc2c(c1)=CC(=Cc1sc(N)nc1O)C(=O)N=2. The lowest BCUT2D eigenvalue weighted by molar-refractivity contribution is -0.114. The molecule has 6 nitrogen and oxygen atoms in total. The monoisotopic (exact) mass is 301 g/mol. The molecule has 0 atom stereocenters. The van der Waals surface area contributed by atoms with Gasteiger partial charge in [0.25, 0.3) is 5.91 Å². The van der Waals surface area contributed by atoms with Gasteiger partial charge in [-0.05, 0) is 30.4 Å². The van der Waals surface area contributed by atoms with Crippen LogP contribution in [0.3, 0.4) is 0 Å². The molecule has 0 saturated heterocycles. The molecule has 1 aliphatic rings. The van der Waals surface area contributed by atoms with Crippen LogP contribution >= 0.6 is 11.3 Å². The number of anilines is 1. The predicted molar refractivity (Wildman–Crippen MR) is 79.4 cm³/mol.